The molecule has 0 amide bonds. The molecule has 3 rings (SSSR count). The first-order valence-corrected chi connectivity index (χ1v) is 10.3. The topological polar surface area (TPSA) is 77.5 Å². The molecule has 2 N–H and O–H groups in total. The van der Waals surface area contributed by atoms with Gasteiger partial charge in [-0.05, 0) is 68.3 Å². The highest BCUT2D eigenvalue weighted by molar-refractivity contribution is 7.89. The second kappa shape index (κ2) is 7.50. The summed E-state index contributed by atoms with van der Waals surface area (Å²) < 4.78 is 24.9. The zero-order chi connectivity index (χ0) is 19.6. The molecule has 0 saturated heterocycles. The van der Waals surface area contributed by atoms with Crippen LogP contribution in [0.3, 0.4) is 0 Å². The van der Waals surface area contributed by atoms with E-state index < -0.39 is 10.0 Å². The van der Waals surface area contributed by atoms with Gasteiger partial charge in [-0.15, -0.1) is 0 Å². The van der Waals surface area contributed by atoms with Crippen LogP contribution in [0.15, 0.2) is 64.5 Å². The average Bonchev–Trinajstić information content (AvgIpc) is 2.93. The van der Waals surface area contributed by atoms with Crippen LogP contribution in [-0.4, -0.2) is 19.2 Å². The average molecular weight is 382 g/mol. The minimum atomic E-state index is -3.69. The Morgan fingerprint density at radius 1 is 1.04 bits per heavy atom. The maximum atomic E-state index is 11.4. The predicted molar refractivity (Wildman–Crippen MR) is 110 cm³/mol. The molecular weight excluding hydrogens is 358 g/mol. The lowest BCUT2D eigenvalue weighted by Crippen LogP contribution is -2.12. The molecule has 5 nitrogen and oxygen atoms in total. The normalized spacial score (nSPS) is 12.0. The van der Waals surface area contributed by atoms with E-state index in [0.29, 0.717) is 0 Å². The summed E-state index contributed by atoms with van der Waals surface area (Å²) in [5.74, 6) is 0. The number of aromatic nitrogens is 1. The number of nitrogens with two attached hydrogens (primary N) is 1. The quantitative estimate of drug-likeness (QED) is 0.677. The lowest BCUT2D eigenvalue weighted by atomic mass is 10.1. The van der Waals surface area contributed by atoms with Crippen LogP contribution in [0.5, 0.6) is 0 Å². The van der Waals surface area contributed by atoms with Crippen molar-refractivity contribution in [2.45, 2.75) is 32.1 Å². The Balaban J connectivity index is 1.91. The third kappa shape index (κ3) is 4.18. The Bertz CT molecular complexity index is 1080. The summed E-state index contributed by atoms with van der Waals surface area (Å²) in [7, 11) is -3.69. The van der Waals surface area contributed by atoms with Gasteiger partial charge < -0.3 is 4.57 Å². The zero-order valence-electron chi connectivity index (χ0n) is 15.7. The Labute approximate surface area is 160 Å². The molecule has 0 unspecified atom stereocenters. The van der Waals surface area contributed by atoms with Gasteiger partial charge in [-0.3, -0.25) is 4.99 Å². The fourth-order valence-electron chi connectivity index (χ4n) is 3.06. The van der Waals surface area contributed by atoms with Crippen LogP contribution in [0, 0.1) is 13.8 Å². The summed E-state index contributed by atoms with van der Waals surface area (Å²) in [5.41, 5.74) is 6.17. The summed E-state index contributed by atoms with van der Waals surface area (Å²) in [4.78, 5) is 4.68. The van der Waals surface area contributed by atoms with Crippen LogP contribution >= 0.6 is 0 Å². The Morgan fingerprint density at radius 2 is 1.67 bits per heavy atom. The van der Waals surface area contributed by atoms with Gasteiger partial charge in [-0.1, -0.05) is 19.1 Å². The SMILES string of the molecule is CCc1ccc(N=Cc2cc(C)n(-c3ccc(S(N)(=O)=O)cc3)c2C)cc1. The summed E-state index contributed by atoms with van der Waals surface area (Å²) in [6, 6.07) is 16.8. The van der Waals surface area contributed by atoms with Crippen LogP contribution in [0.2, 0.25) is 0 Å². The smallest absolute Gasteiger partial charge is 0.238 e. The van der Waals surface area contributed by atoms with Gasteiger partial charge in [0.05, 0.1) is 10.6 Å². The van der Waals surface area contributed by atoms with Crippen molar-refractivity contribution in [2.75, 3.05) is 0 Å². The molecule has 6 heteroatoms. The molecule has 0 atom stereocenters. The van der Waals surface area contributed by atoms with Gasteiger partial charge in [-0.25, -0.2) is 13.6 Å². The Morgan fingerprint density at radius 3 is 2.22 bits per heavy atom. The molecule has 140 valence electrons. The van der Waals surface area contributed by atoms with Crippen LogP contribution in [0.4, 0.5) is 5.69 Å². The van der Waals surface area contributed by atoms with Crippen molar-refractivity contribution in [3.8, 4) is 5.69 Å². The monoisotopic (exact) mass is 381 g/mol. The van der Waals surface area contributed by atoms with E-state index in [1.54, 1.807) is 12.1 Å². The number of rotatable bonds is 5. The van der Waals surface area contributed by atoms with Crippen LogP contribution in [0.1, 0.15) is 29.4 Å². The minimum absolute atomic E-state index is 0.103. The number of aliphatic imine (C=N–C) groups is 1. The third-order valence-corrected chi connectivity index (χ3v) is 5.52. The number of benzene rings is 2. The largest absolute Gasteiger partial charge is 0.318 e. The molecule has 27 heavy (non-hydrogen) atoms. The van der Waals surface area contributed by atoms with Crippen molar-refractivity contribution in [1.29, 1.82) is 0 Å². The van der Waals surface area contributed by atoms with E-state index in [1.165, 1.54) is 17.7 Å². The zero-order valence-corrected chi connectivity index (χ0v) is 16.5. The van der Waals surface area contributed by atoms with Crippen molar-refractivity contribution >= 4 is 21.9 Å². The minimum Gasteiger partial charge on any atom is -0.318 e. The number of hydrogen-bond acceptors (Lipinski definition) is 3. The van der Waals surface area contributed by atoms with E-state index in [1.807, 2.05) is 32.2 Å². The summed E-state index contributed by atoms with van der Waals surface area (Å²) in [6.45, 7) is 6.15. The van der Waals surface area contributed by atoms with Gasteiger partial charge >= 0.3 is 0 Å². The van der Waals surface area contributed by atoms with E-state index in [2.05, 4.69) is 34.7 Å². The van der Waals surface area contributed by atoms with Gasteiger partial charge in [0.2, 0.25) is 10.0 Å². The molecule has 0 fully saturated rings. The highest BCUT2D eigenvalue weighted by Gasteiger charge is 2.11. The lowest BCUT2D eigenvalue weighted by molar-refractivity contribution is 0.598. The molecular formula is C21H23N3O2S. The molecule has 2 aromatic carbocycles. The molecule has 0 spiro atoms. The molecule has 0 bridgehead atoms. The van der Waals surface area contributed by atoms with E-state index >= 15 is 0 Å². The molecule has 0 aliphatic rings. The van der Waals surface area contributed by atoms with Crippen LogP contribution < -0.4 is 5.14 Å². The maximum Gasteiger partial charge on any atom is 0.238 e. The fourth-order valence-corrected chi connectivity index (χ4v) is 3.58. The lowest BCUT2D eigenvalue weighted by Gasteiger charge is -2.10. The van der Waals surface area contributed by atoms with Crippen LogP contribution in [-0.2, 0) is 16.4 Å². The van der Waals surface area contributed by atoms with E-state index in [-0.39, 0.29) is 4.90 Å². The summed E-state index contributed by atoms with van der Waals surface area (Å²) >= 11 is 0. The van der Waals surface area contributed by atoms with Crippen molar-refractivity contribution in [2.24, 2.45) is 10.1 Å². The first-order valence-electron chi connectivity index (χ1n) is 8.75. The molecule has 0 radical (unpaired) electrons. The molecule has 0 aliphatic carbocycles. The number of nitrogens with zero attached hydrogens (tertiary/aromatic N) is 2. The molecule has 1 aromatic heterocycles. The van der Waals surface area contributed by atoms with Crippen molar-refractivity contribution in [1.82, 2.24) is 4.57 Å². The van der Waals surface area contributed by atoms with Crippen molar-refractivity contribution < 1.29 is 8.42 Å². The van der Waals surface area contributed by atoms with Gasteiger partial charge in [0, 0.05) is 28.9 Å². The highest BCUT2D eigenvalue weighted by atomic mass is 32.2. The maximum absolute atomic E-state index is 11.4. The molecule has 0 saturated carbocycles. The first-order chi connectivity index (χ1) is 12.8. The van der Waals surface area contributed by atoms with Gasteiger partial charge in [0.15, 0.2) is 0 Å². The second-order valence-corrected chi connectivity index (χ2v) is 8.04. The third-order valence-electron chi connectivity index (χ3n) is 4.59. The van der Waals surface area contributed by atoms with Gasteiger partial charge in [0.1, 0.15) is 0 Å². The molecule has 3 aromatic rings. The molecule has 1 heterocycles. The van der Waals surface area contributed by atoms with Crippen molar-refractivity contribution in [3.63, 3.8) is 0 Å². The van der Waals surface area contributed by atoms with E-state index in [9.17, 15) is 8.42 Å². The molecule has 0 aliphatic heterocycles. The second-order valence-electron chi connectivity index (χ2n) is 6.48. The summed E-state index contributed by atoms with van der Waals surface area (Å²) in [6.07, 6.45) is 2.87. The number of primary sulfonamides is 1. The Hall–Kier alpha value is -2.70. The highest BCUT2D eigenvalue weighted by Crippen LogP contribution is 2.22. The predicted octanol–water partition coefficient (Wildman–Crippen LogP) is 4.05. The summed E-state index contributed by atoms with van der Waals surface area (Å²) in [5, 5.41) is 5.17. The van der Waals surface area contributed by atoms with Crippen LogP contribution in [0.25, 0.3) is 5.69 Å². The fraction of sp³-hybridized carbons (Fsp3) is 0.190. The van der Waals surface area contributed by atoms with Gasteiger partial charge in [0.25, 0.3) is 0 Å². The Kier molecular flexibility index (Phi) is 5.30. The first kappa shape index (κ1) is 19.1. The standard InChI is InChI=1S/C21H23N3O2S/c1-4-17-5-7-19(8-6-17)23-14-18-13-15(2)24(16(18)3)20-9-11-21(12-10-20)27(22,25)26/h5-14H,4H2,1-3H3,(H2,22,25,26). The van der Waals surface area contributed by atoms with Gasteiger partial charge in [-0.2, -0.15) is 0 Å². The van der Waals surface area contributed by atoms with E-state index in [4.69, 9.17) is 5.14 Å². The van der Waals surface area contributed by atoms with E-state index in [0.717, 1.165) is 34.7 Å². The van der Waals surface area contributed by atoms with Crippen molar-refractivity contribution in [3.05, 3.63) is 77.1 Å². The number of sulfonamides is 1. The number of hydrogen-bond donors (Lipinski definition) is 1. The number of aryl methyl sites for hydroxylation is 2.